The van der Waals surface area contributed by atoms with Gasteiger partial charge in [0.15, 0.2) is 0 Å². The summed E-state index contributed by atoms with van der Waals surface area (Å²) in [4.78, 5) is 14.4. The Hall–Kier alpha value is -0.610. The first-order valence-corrected chi connectivity index (χ1v) is 8.44. The van der Waals surface area contributed by atoms with Crippen LogP contribution in [-0.4, -0.2) is 49.1 Å². The number of rotatable bonds is 5. The number of hydrogen-bond donors (Lipinski definition) is 2. The van der Waals surface area contributed by atoms with Crippen molar-refractivity contribution in [3.05, 3.63) is 0 Å². The van der Waals surface area contributed by atoms with Crippen molar-refractivity contribution in [1.82, 2.24) is 15.5 Å². The van der Waals surface area contributed by atoms with Gasteiger partial charge in [0.05, 0.1) is 6.54 Å². The van der Waals surface area contributed by atoms with Gasteiger partial charge >= 0.3 is 0 Å². The molecule has 1 amide bonds. The SMILES string of the molecule is CCNC1CCN(CC(=O)NC2CCCCC2)CC1C. The molecule has 0 radical (unpaired) electrons. The number of hydrogen-bond acceptors (Lipinski definition) is 3. The van der Waals surface area contributed by atoms with Crippen LogP contribution in [0.5, 0.6) is 0 Å². The van der Waals surface area contributed by atoms with Crippen molar-refractivity contribution < 1.29 is 4.79 Å². The highest BCUT2D eigenvalue weighted by Gasteiger charge is 2.26. The monoisotopic (exact) mass is 281 g/mol. The molecule has 4 heteroatoms. The van der Waals surface area contributed by atoms with Crippen LogP contribution in [0.4, 0.5) is 0 Å². The van der Waals surface area contributed by atoms with Gasteiger partial charge in [0.25, 0.3) is 0 Å². The zero-order valence-corrected chi connectivity index (χ0v) is 13.2. The van der Waals surface area contributed by atoms with Gasteiger partial charge in [0.2, 0.25) is 5.91 Å². The number of amides is 1. The summed E-state index contributed by atoms with van der Waals surface area (Å²) in [6.07, 6.45) is 7.38. The Bertz CT molecular complexity index is 302. The van der Waals surface area contributed by atoms with E-state index in [1.807, 2.05) is 0 Å². The summed E-state index contributed by atoms with van der Waals surface area (Å²) in [5, 5.41) is 6.77. The second kappa shape index (κ2) is 7.99. The van der Waals surface area contributed by atoms with E-state index in [2.05, 4.69) is 29.4 Å². The Balaban J connectivity index is 1.69. The molecule has 0 aromatic rings. The van der Waals surface area contributed by atoms with Crippen molar-refractivity contribution in [3.8, 4) is 0 Å². The van der Waals surface area contributed by atoms with Gasteiger partial charge in [-0.15, -0.1) is 0 Å². The third-order valence-corrected chi connectivity index (χ3v) is 4.79. The molecular formula is C16H31N3O. The van der Waals surface area contributed by atoms with Gasteiger partial charge in [-0.3, -0.25) is 9.69 Å². The summed E-state index contributed by atoms with van der Waals surface area (Å²) >= 11 is 0. The number of carbonyl (C=O) groups excluding carboxylic acids is 1. The topological polar surface area (TPSA) is 44.4 Å². The van der Waals surface area contributed by atoms with Gasteiger partial charge in [-0.05, 0) is 31.7 Å². The van der Waals surface area contributed by atoms with Crippen molar-refractivity contribution in [2.45, 2.75) is 64.5 Å². The molecule has 1 saturated heterocycles. The summed E-state index contributed by atoms with van der Waals surface area (Å²) in [7, 11) is 0. The van der Waals surface area contributed by atoms with Gasteiger partial charge in [0, 0.05) is 25.2 Å². The zero-order chi connectivity index (χ0) is 14.4. The zero-order valence-electron chi connectivity index (χ0n) is 13.2. The van der Waals surface area contributed by atoms with Gasteiger partial charge in [-0.2, -0.15) is 0 Å². The lowest BCUT2D eigenvalue weighted by atomic mass is 9.93. The first-order valence-electron chi connectivity index (χ1n) is 8.44. The fourth-order valence-corrected chi connectivity index (χ4v) is 3.66. The van der Waals surface area contributed by atoms with E-state index in [4.69, 9.17) is 0 Å². The largest absolute Gasteiger partial charge is 0.352 e. The Labute approximate surface area is 123 Å². The quantitative estimate of drug-likeness (QED) is 0.807. The molecule has 2 unspecified atom stereocenters. The molecule has 4 nitrogen and oxygen atoms in total. The average molecular weight is 281 g/mol. The van der Waals surface area contributed by atoms with Crippen LogP contribution in [0.15, 0.2) is 0 Å². The highest BCUT2D eigenvalue weighted by molar-refractivity contribution is 5.78. The van der Waals surface area contributed by atoms with Crippen LogP contribution in [0.3, 0.4) is 0 Å². The molecule has 0 aromatic heterocycles. The highest BCUT2D eigenvalue weighted by Crippen LogP contribution is 2.18. The van der Waals surface area contributed by atoms with Crippen molar-refractivity contribution >= 4 is 5.91 Å². The van der Waals surface area contributed by atoms with Gasteiger partial charge in [-0.1, -0.05) is 33.1 Å². The first-order chi connectivity index (χ1) is 9.69. The van der Waals surface area contributed by atoms with Crippen molar-refractivity contribution in [1.29, 1.82) is 0 Å². The minimum atomic E-state index is 0.228. The van der Waals surface area contributed by atoms with E-state index >= 15 is 0 Å². The molecule has 2 fully saturated rings. The van der Waals surface area contributed by atoms with Crippen LogP contribution in [0.1, 0.15) is 52.4 Å². The van der Waals surface area contributed by atoms with Gasteiger partial charge < -0.3 is 10.6 Å². The van der Waals surface area contributed by atoms with Gasteiger partial charge in [-0.25, -0.2) is 0 Å². The van der Waals surface area contributed by atoms with Crippen LogP contribution in [0, 0.1) is 5.92 Å². The number of piperidine rings is 1. The lowest BCUT2D eigenvalue weighted by Gasteiger charge is -2.37. The molecule has 2 rings (SSSR count). The van der Waals surface area contributed by atoms with E-state index in [1.165, 1.54) is 32.1 Å². The fourth-order valence-electron chi connectivity index (χ4n) is 3.66. The van der Waals surface area contributed by atoms with Crippen LogP contribution in [0.2, 0.25) is 0 Å². The second-order valence-electron chi connectivity index (χ2n) is 6.57. The maximum atomic E-state index is 12.1. The maximum absolute atomic E-state index is 12.1. The highest BCUT2D eigenvalue weighted by atomic mass is 16.2. The molecule has 116 valence electrons. The minimum absolute atomic E-state index is 0.228. The molecule has 1 saturated carbocycles. The van der Waals surface area contributed by atoms with Crippen LogP contribution in [0.25, 0.3) is 0 Å². The third-order valence-electron chi connectivity index (χ3n) is 4.79. The number of carbonyl (C=O) groups is 1. The normalized spacial score (nSPS) is 29.3. The summed E-state index contributed by atoms with van der Waals surface area (Å²) < 4.78 is 0. The Morgan fingerprint density at radius 2 is 1.95 bits per heavy atom. The summed E-state index contributed by atoms with van der Waals surface area (Å²) in [5.41, 5.74) is 0. The molecule has 0 aromatic carbocycles. The summed E-state index contributed by atoms with van der Waals surface area (Å²) in [6, 6.07) is 1.06. The van der Waals surface area contributed by atoms with Crippen LogP contribution >= 0.6 is 0 Å². The van der Waals surface area contributed by atoms with Crippen molar-refractivity contribution in [2.75, 3.05) is 26.2 Å². The molecule has 1 aliphatic carbocycles. The molecular weight excluding hydrogens is 250 g/mol. The number of likely N-dealkylation sites (tertiary alicyclic amines) is 1. The molecule has 1 heterocycles. The number of nitrogens with one attached hydrogen (secondary N) is 2. The maximum Gasteiger partial charge on any atom is 0.234 e. The van der Waals surface area contributed by atoms with E-state index in [0.29, 0.717) is 24.5 Å². The van der Waals surface area contributed by atoms with E-state index in [9.17, 15) is 4.79 Å². The van der Waals surface area contributed by atoms with Crippen LogP contribution in [-0.2, 0) is 4.79 Å². The summed E-state index contributed by atoms with van der Waals surface area (Å²) in [6.45, 7) is 8.15. The number of nitrogens with zero attached hydrogens (tertiary/aromatic N) is 1. The second-order valence-corrected chi connectivity index (χ2v) is 6.57. The van der Waals surface area contributed by atoms with Crippen molar-refractivity contribution in [3.63, 3.8) is 0 Å². The van der Waals surface area contributed by atoms with Crippen molar-refractivity contribution in [2.24, 2.45) is 5.92 Å². The predicted octanol–water partition coefficient (Wildman–Crippen LogP) is 1.76. The smallest absolute Gasteiger partial charge is 0.234 e. The summed E-state index contributed by atoms with van der Waals surface area (Å²) in [5.74, 6) is 0.859. The Morgan fingerprint density at radius 3 is 2.60 bits per heavy atom. The standard InChI is InChI=1S/C16H31N3O/c1-3-17-15-9-10-19(11-13(15)2)12-16(20)18-14-7-5-4-6-8-14/h13-15,17H,3-12H2,1-2H3,(H,18,20). The fraction of sp³-hybridized carbons (Fsp3) is 0.938. The van der Waals surface area contributed by atoms with E-state index in [0.717, 1.165) is 26.1 Å². The minimum Gasteiger partial charge on any atom is -0.352 e. The molecule has 2 N–H and O–H groups in total. The van der Waals surface area contributed by atoms with E-state index < -0.39 is 0 Å². The molecule has 0 bridgehead atoms. The molecule has 2 atom stereocenters. The average Bonchev–Trinajstić information content (AvgIpc) is 2.43. The Kier molecular flexibility index (Phi) is 6.30. The lowest BCUT2D eigenvalue weighted by molar-refractivity contribution is -0.123. The molecule has 2 aliphatic rings. The first kappa shape index (κ1) is 15.8. The Morgan fingerprint density at radius 1 is 1.20 bits per heavy atom. The van der Waals surface area contributed by atoms with Crippen LogP contribution < -0.4 is 10.6 Å². The predicted molar refractivity (Wildman–Crippen MR) is 82.7 cm³/mol. The van der Waals surface area contributed by atoms with Gasteiger partial charge in [0.1, 0.15) is 0 Å². The third kappa shape index (κ3) is 4.74. The van der Waals surface area contributed by atoms with E-state index in [-0.39, 0.29) is 5.91 Å². The molecule has 20 heavy (non-hydrogen) atoms. The van der Waals surface area contributed by atoms with E-state index in [1.54, 1.807) is 0 Å². The molecule has 1 aliphatic heterocycles. The molecule has 0 spiro atoms. The lowest BCUT2D eigenvalue weighted by Crippen LogP contribution is -2.51.